The van der Waals surface area contributed by atoms with Crippen molar-refractivity contribution in [3.05, 3.63) is 29.8 Å². The molecule has 1 aliphatic rings. The average Bonchev–Trinajstić information content (AvgIpc) is 2.29. The molecule has 2 atom stereocenters. The molecule has 0 spiro atoms. The van der Waals surface area contributed by atoms with Gasteiger partial charge in [0.05, 0.1) is 6.26 Å². The monoisotopic (exact) mass is 268 g/mol. The highest BCUT2D eigenvalue weighted by Gasteiger charge is 2.22. The molecule has 0 saturated carbocycles. The fourth-order valence-corrected chi connectivity index (χ4v) is 3.01. The van der Waals surface area contributed by atoms with Crippen LogP contribution in [0, 0.1) is 5.92 Å². The Morgan fingerprint density at radius 2 is 1.94 bits per heavy atom. The second kappa shape index (κ2) is 5.28. The Morgan fingerprint density at radius 3 is 2.50 bits per heavy atom. The molecule has 1 aromatic carbocycles. The van der Waals surface area contributed by atoms with E-state index < -0.39 is 10.0 Å². The number of hydrogen-bond donors (Lipinski definition) is 2. The van der Waals surface area contributed by atoms with Gasteiger partial charge in [-0.1, -0.05) is 19.1 Å². The lowest BCUT2D eigenvalue weighted by Gasteiger charge is -2.30. The molecule has 4 nitrogen and oxygen atoms in total. The normalized spacial score (nSPS) is 24.8. The molecule has 1 fully saturated rings. The molecular weight excluding hydrogens is 248 g/mol. The second-order valence-corrected chi connectivity index (χ2v) is 6.82. The summed E-state index contributed by atoms with van der Waals surface area (Å²) in [6.45, 7) is 4.36. The molecule has 100 valence electrons. The summed E-state index contributed by atoms with van der Waals surface area (Å²) >= 11 is 0. The zero-order valence-corrected chi connectivity index (χ0v) is 11.6. The van der Waals surface area contributed by atoms with Crippen LogP contribution < -0.4 is 10.0 Å². The molecule has 1 saturated heterocycles. The molecule has 1 aromatic rings. The van der Waals surface area contributed by atoms with E-state index in [-0.39, 0.29) is 0 Å². The van der Waals surface area contributed by atoms with Gasteiger partial charge in [0.2, 0.25) is 10.0 Å². The van der Waals surface area contributed by atoms with Crippen molar-refractivity contribution in [2.24, 2.45) is 5.92 Å². The van der Waals surface area contributed by atoms with Gasteiger partial charge >= 0.3 is 0 Å². The first kappa shape index (κ1) is 13.4. The van der Waals surface area contributed by atoms with Crippen molar-refractivity contribution in [1.82, 2.24) is 5.32 Å². The average molecular weight is 268 g/mol. The van der Waals surface area contributed by atoms with E-state index >= 15 is 0 Å². The fraction of sp³-hybridized carbons (Fsp3) is 0.538. The Hall–Kier alpha value is -1.07. The first-order valence-corrected chi connectivity index (χ1v) is 8.13. The molecule has 2 rings (SSSR count). The Kier molecular flexibility index (Phi) is 3.92. The summed E-state index contributed by atoms with van der Waals surface area (Å²) in [5.74, 6) is 1.19. The van der Waals surface area contributed by atoms with Crippen LogP contribution in [-0.4, -0.2) is 27.8 Å². The SMILES string of the molecule is CC1CCNCC1c1ccc(NS(C)(=O)=O)cc1. The van der Waals surface area contributed by atoms with Gasteiger partial charge in [-0.25, -0.2) is 8.42 Å². The number of anilines is 1. The summed E-state index contributed by atoms with van der Waals surface area (Å²) in [6, 6.07) is 7.69. The smallest absolute Gasteiger partial charge is 0.229 e. The lowest BCUT2D eigenvalue weighted by Crippen LogP contribution is -2.33. The maximum Gasteiger partial charge on any atom is 0.229 e. The van der Waals surface area contributed by atoms with Gasteiger partial charge in [0.1, 0.15) is 0 Å². The van der Waals surface area contributed by atoms with Gasteiger partial charge in [0.25, 0.3) is 0 Å². The molecule has 0 aliphatic carbocycles. The van der Waals surface area contributed by atoms with E-state index in [0.717, 1.165) is 19.3 Å². The summed E-state index contributed by atoms with van der Waals surface area (Å²) in [5.41, 5.74) is 1.89. The van der Waals surface area contributed by atoms with Crippen LogP contribution in [0.5, 0.6) is 0 Å². The summed E-state index contributed by atoms with van der Waals surface area (Å²) < 4.78 is 24.7. The van der Waals surface area contributed by atoms with Gasteiger partial charge in [-0.2, -0.15) is 0 Å². The number of piperidine rings is 1. The minimum Gasteiger partial charge on any atom is -0.316 e. The summed E-state index contributed by atoms with van der Waals surface area (Å²) in [5, 5.41) is 3.41. The van der Waals surface area contributed by atoms with Crippen molar-refractivity contribution in [3.63, 3.8) is 0 Å². The number of rotatable bonds is 3. The molecule has 1 heterocycles. The highest BCUT2D eigenvalue weighted by atomic mass is 32.2. The molecule has 0 bridgehead atoms. The third-order valence-electron chi connectivity index (χ3n) is 3.47. The van der Waals surface area contributed by atoms with Crippen molar-refractivity contribution in [2.45, 2.75) is 19.3 Å². The topological polar surface area (TPSA) is 58.2 Å². The van der Waals surface area contributed by atoms with Crippen molar-refractivity contribution in [2.75, 3.05) is 24.1 Å². The molecule has 5 heteroatoms. The van der Waals surface area contributed by atoms with Crippen molar-refractivity contribution < 1.29 is 8.42 Å². The molecule has 0 radical (unpaired) electrons. The third-order valence-corrected chi connectivity index (χ3v) is 4.08. The van der Waals surface area contributed by atoms with Crippen LogP contribution in [0.1, 0.15) is 24.8 Å². The van der Waals surface area contributed by atoms with E-state index in [9.17, 15) is 8.42 Å². The van der Waals surface area contributed by atoms with Crippen LogP contribution in [0.15, 0.2) is 24.3 Å². The summed E-state index contributed by atoms with van der Waals surface area (Å²) in [7, 11) is -3.19. The minimum absolute atomic E-state index is 0.519. The van der Waals surface area contributed by atoms with Gasteiger partial charge in [0, 0.05) is 12.2 Å². The van der Waals surface area contributed by atoms with E-state index in [2.05, 4.69) is 17.0 Å². The molecule has 0 amide bonds. The predicted molar refractivity (Wildman–Crippen MR) is 74.3 cm³/mol. The minimum atomic E-state index is -3.19. The largest absolute Gasteiger partial charge is 0.316 e. The van der Waals surface area contributed by atoms with Gasteiger partial charge in [-0.15, -0.1) is 0 Å². The third kappa shape index (κ3) is 3.46. The van der Waals surface area contributed by atoms with Gasteiger partial charge in [-0.05, 0) is 42.5 Å². The molecule has 0 aromatic heterocycles. The summed E-state index contributed by atoms with van der Waals surface area (Å²) in [4.78, 5) is 0. The Morgan fingerprint density at radius 1 is 1.28 bits per heavy atom. The Bertz CT molecular complexity index is 496. The lowest BCUT2D eigenvalue weighted by molar-refractivity contribution is 0.348. The molecule has 2 unspecified atom stereocenters. The fourth-order valence-electron chi connectivity index (χ4n) is 2.45. The number of sulfonamides is 1. The van der Waals surface area contributed by atoms with Crippen molar-refractivity contribution in [1.29, 1.82) is 0 Å². The molecule has 2 N–H and O–H groups in total. The first-order valence-electron chi connectivity index (χ1n) is 6.24. The predicted octanol–water partition coefficient (Wildman–Crippen LogP) is 1.77. The van der Waals surface area contributed by atoms with Crippen LogP contribution in [0.2, 0.25) is 0 Å². The summed E-state index contributed by atoms with van der Waals surface area (Å²) in [6.07, 6.45) is 2.35. The quantitative estimate of drug-likeness (QED) is 0.878. The van der Waals surface area contributed by atoms with Gasteiger partial charge in [-0.3, -0.25) is 4.72 Å². The second-order valence-electron chi connectivity index (χ2n) is 5.07. The van der Waals surface area contributed by atoms with E-state index in [1.807, 2.05) is 24.3 Å². The number of hydrogen-bond acceptors (Lipinski definition) is 3. The van der Waals surface area contributed by atoms with Crippen LogP contribution in [-0.2, 0) is 10.0 Å². The number of benzene rings is 1. The first-order chi connectivity index (χ1) is 8.46. The maximum atomic E-state index is 11.1. The lowest BCUT2D eigenvalue weighted by atomic mass is 9.83. The van der Waals surface area contributed by atoms with Gasteiger partial charge < -0.3 is 5.32 Å². The van der Waals surface area contributed by atoms with E-state index in [4.69, 9.17) is 0 Å². The molecule has 18 heavy (non-hydrogen) atoms. The highest BCUT2D eigenvalue weighted by molar-refractivity contribution is 7.92. The van der Waals surface area contributed by atoms with Crippen LogP contribution in [0.3, 0.4) is 0 Å². The van der Waals surface area contributed by atoms with Crippen molar-refractivity contribution >= 4 is 15.7 Å². The van der Waals surface area contributed by atoms with Crippen LogP contribution >= 0.6 is 0 Å². The molecule has 1 aliphatic heterocycles. The van der Waals surface area contributed by atoms with E-state index in [1.165, 1.54) is 12.0 Å². The zero-order chi connectivity index (χ0) is 13.2. The Labute approximate surface area is 109 Å². The highest BCUT2D eigenvalue weighted by Crippen LogP contribution is 2.29. The molecular formula is C13H20N2O2S. The zero-order valence-electron chi connectivity index (χ0n) is 10.8. The number of nitrogens with one attached hydrogen (secondary N) is 2. The van der Waals surface area contributed by atoms with E-state index in [0.29, 0.717) is 17.5 Å². The van der Waals surface area contributed by atoms with Gasteiger partial charge in [0.15, 0.2) is 0 Å². The van der Waals surface area contributed by atoms with Crippen LogP contribution in [0.4, 0.5) is 5.69 Å². The van der Waals surface area contributed by atoms with Crippen LogP contribution in [0.25, 0.3) is 0 Å². The van der Waals surface area contributed by atoms with E-state index in [1.54, 1.807) is 0 Å². The van der Waals surface area contributed by atoms with Crippen molar-refractivity contribution in [3.8, 4) is 0 Å². The Balaban J connectivity index is 2.12. The standard InChI is InChI=1S/C13H20N2O2S/c1-10-7-8-14-9-13(10)11-3-5-12(6-4-11)15-18(2,16)17/h3-6,10,13-15H,7-9H2,1-2H3. The maximum absolute atomic E-state index is 11.1.